The van der Waals surface area contributed by atoms with Crippen LogP contribution in [0.3, 0.4) is 0 Å². The quantitative estimate of drug-likeness (QED) is 0.122. The van der Waals surface area contributed by atoms with Crippen LogP contribution in [0.5, 0.6) is 17.2 Å². The van der Waals surface area contributed by atoms with Crippen molar-refractivity contribution in [2.75, 3.05) is 6.61 Å². The van der Waals surface area contributed by atoms with Crippen molar-refractivity contribution in [3.63, 3.8) is 0 Å². The van der Waals surface area contributed by atoms with Crippen molar-refractivity contribution in [2.24, 2.45) is 5.10 Å². The number of fused-ring (bicyclic) bond motifs is 1. The summed E-state index contributed by atoms with van der Waals surface area (Å²) in [5, 5.41) is 17.0. The first-order valence-electron chi connectivity index (χ1n) is 10.9. The topological polar surface area (TPSA) is 80.2 Å². The van der Waals surface area contributed by atoms with E-state index in [9.17, 15) is 9.90 Å². The van der Waals surface area contributed by atoms with Gasteiger partial charge in [-0.1, -0.05) is 53.5 Å². The molecule has 0 aliphatic carbocycles. The smallest absolute Gasteiger partial charge is 0.275 e. The van der Waals surface area contributed by atoms with Crippen molar-refractivity contribution in [3.05, 3.63) is 97.0 Å². The molecule has 0 aromatic heterocycles. The maximum absolute atomic E-state index is 12.6. The van der Waals surface area contributed by atoms with Crippen LogP contribution < -0.4 is 14.9 Å². The van der Waals surface area contributed by atoms with E-state index >= 15 is 0 Å². The summed E-state index contributed by atoms with van der Waals surface area (Å²) < 4.78 is 12.6. The predicted molar refractivity (Wildman–Crippen MR) is 152 cm³/mol. The number of hydrazone groups is 1. The lowest BCUT2D eigenvalue weighted by Crippen LogP contribution is -2.17. The molecule has 184 valence electrons. The van der Waals surface area contributed by atoms with Gasteiger partial charge in [-0.3, -0.25) is 4.79 Å². The van der Waals surface area contributed by atoms with E-state index in [4.69, 9.17) is 32.7 Å². The fraction of sp³-hybridized carbons (Fsp3) is 0.111. The molecule has 0 spiro atoms. The minimum atomic E-state index is -0.518. The Labute approximate surface area is 232 Å². The Balaban J connectivity index is 1.49. The van der Waals surface area contributed by atoms with Crippen LogP contribution in [-0.4, -0.2) is 23.8 Å². The summed E-state index contributed by atoms with van der Waals surface area (Å²) in [5.74, 6) is 0.504. The third kappa shape index (κ3) is 6.21. The maximum atomic E-state index is 12.6. The third-order valence-electron chi connectivity index (χ3n) is 5.19. The van der Waals surface area contributed by atoms with Crippen molar-refractivity contribution < 1.29 is 19.4 Å². The molecule has 2 N–H and O–H groups in total. The van der Waals surface area contributed by atoms with Gasteiger partial charge in [0.05, 0.1) is 32.0 Å². The number of aromatic hydroxyl groups is 1. The van der Waals surface area contributed by atoms with E-state index in [1.54, 1.807) is 30.3 Å². The minimum absolute atomic E-state index is 0.113. The van der Waals surface area contributed by atoms with E-state index in [1.807, 2.05) is 43.3 Å². The maximum Gasteiger partial charge on any atom is 0.275 e. The van der Waals surface area contributed by atoms with E-state index in [-0.39, 0.29) is 17.9 Å². The first kappa shape index (κ1) is 26.1. The predicted octanol–water partition coefficient (Wildman–Crippen LogP) is 7.20. The molecule has 0 atom stereocenters. The number of rotatable bonds is 8. The number of nitrogens with one attached hydrogen (secondary N) is 1. The minimum Gasteiger partial charge on any atom is -0.507 e. The highest BCUT2D eigenvalue weighted by Gasteiger charge is 2.14. The Bertz CT molecular complexity index is 1460. The largest absolute Gasteiger partial charge is 0.507 e. The molecule has 0 unspecified atom stereocenters. The zero-order chi connectivity index (χ0) is 25.7. The monoisotopic (exact) mass is 634 g/mol. The number of hydrogen-bond acceptors (Lipinski definition) is 5. The van der Waals surface area contributed by atoms with Gasteiger partial charge in [0.2, 0.25) is 0 Å². The first-order chi connectivity index (χ1) is 17.4. The second-order valence-electron chi connectivity index (χ2n) is 7.72. The number of amides is 1. The Morgan fingerprint density at radius 2 is 1.78 bits per heavy atom. The molecule has 4 rings (SSSR count). The van der Waals surface area contributed by atoms with Gasteiger partial charge in [-0.25, -0.2) is 5.43 Å². The number of carbonyl (C=O) groups is 1. The Morgan fingerprint density at radius 3 is 2.50 bits per heavy atom. The SMILES string of the molecule is CCOc1cc(C=NNC(=O)c2cc3ccccc3cc2O)cc(I)c1OCc1ccc(Cl)c(Cl)c1. The van der Waals surface area contributed by atoms with Crippen molar-refractivity contribution in [2.45, 2.75) is 13.5 Å². The molecule has 4 aromatic rings. The van der Waals surface area contributed by atoms with Gasteiger partial charge in [0, 0.05) is 0 Å². The highest BCUT2D eigenvalue weighted by Crippen LogP contribution is 2.35. The number of ether oxygens (including phenoxy) is 2. The van der Waals surface area contributed by atoms with Gasteiger partial charge < -0.3 is 14.6 Å². The average molecular weight is 635 g/mol. The standard InChI is InChI=1S/C27H21Cl2IN2O4/c1-2-35-25-11-17(10-23(30)26(25)36-15-16-7-8-21(28)22(29)9-16)14-31-32-27(34)20-12-18-5-3-4-6-19(18)13-24(20)33/h3-14,33H,2,15H2,1H3,(H,32,34). The zero-order valence-corrected chi connectivity index (χ0v) is 22.8. The van der Waals surface area contributed by atoms with Gasteiger partial charge in [0.1, 0.15) is 12.4 Å². The third-order valence-corrected chi connectivity index (χ3v) is 6.73. The first-order valence-corrected chi connectivity index (χ1v) is 12.8. The van der Waals surface area contributed by atoms with Crippen molar-refractivity contribution in [1.82, 2.24) is 5.43 Å². The second-order valence-corrected chi connectivity index (χ2v) is 9.69. The molecular formula is C27H21Cl2IN2O4. The van der Waals surface area contributed by atoms with Gasteiger partial charge >= 0.3 is 0 Å². The lowest BCUT2D eigenvalue weighted by Gasteiger charge is -2.15. The van der Waals surface area contributed by atoms with Crippen LogP contribution in [0, 0.1) is 3.57 Å². The lowest BCUT2D eigenvalue weighted by atomic mass is 10.1. The summed E-state index contributed by atoms with van der Waals surface area (Å²) >= 11 is 14.2. The number of carbonyl (C=O) groups excluding carboxylic acids is 1. The molecule has 0 bridgehead atoms. The summed E-state index contributed by atoms with van der Waals surface area (Å²) in [7, 11) is 0. The molecule has 6 nitrogen and oxygen atoms in total. The molecule has 0 aliphatic rings. The molecule has 36 heavy (non-hydrogen) atoms. The molecule has 0 fully saturated rings. The van der Waals surface area contributed by atoms with Crippen LogP contribution in [0.2, 0.25) is 10.0 Å². The highest BCUT2D eigenvalue weighted by molar-refractivity contribution is 14.1. The molecular weight excluding hydrogens is 614 g/mol. The highest BCUT2D eigenvalue weighted by atomic mass is 127. The summed E-state index contributed by atoms with van der Waals surface area (Å²) in [4.78, 5) is 12.6. The van der Waals surface area contributed by atoms with E-state index < -0.39 is 5.91 Å². The number of halogens is 3. The summed E-state index contributed by atoms with van der Waals surface area (Å²) in [5.41, 5.74) is 4.18. The van der Waals surface area contributed by atoms with Crippen LogP contribution >= 0.6 is 45.8 Å². The average Bonchev–Trinajstić information content (AvgIpc) is 2.85. The number of nitrogens with zero attached hydrogens (tertiary/aromatic N) is 1. The molecule has 0 aliphatic heterocycles. The van der Waals surface area contributed by atoms with E-state index in [0.717, 1.165) is 19.9 Å². The molecule has 4 aromatic carbocycles. The molecule has 9 heteroatoms. The Kier molecular flexibility index (Phi) is 8.56. The van der Waals surface area contributed by atoms with Crippen LogP contribution in [0.15, 0.2) is 71.8 Å². The van der Waals surface area contributed by atoms with Gasteiger partial charge in [-0.05, 0) is 87.8 Å². The zero-order valence-electron chi connectivity index (χ0n) is 19.1. The Hall–Kier alpha value is -3.01. The Morgan fingerprint density at radius 1 is 1.03 bits per heavy atom. The lowest BCUT2D eigenvalue weighted by molar-refractivity contribution is 0.0952. The van der Waals surface area contributed by atoms with Crippen LogP contribution in [0.1, 0.15) is 28.4 Å². The summed E-state index contributed by atoms with van der Waals surface area (Å²) in [6, 6.07) is 19.6. The fourth-order valence-corrected chi connectivity index (χ4v) is 4.59. The van der Waals surface area contributed by atoms with Gasteiger partial charge in [-0.2, -0.15) is 5.10 Å². The number of hydrogen-bond donors (Lipinski definition) is 2. The van der Waals surface area contributed by atoms with Gasteiger partial charge in [-0.15, -0.1) is 0 Å². The van der Waals surface area contributed by atoms with E-state index in [0.29, 0.717) is 33.7 Å². The van der Waals surface area contributed by atoms with Crippen LogP contribution in [0.4, 0.5) is 0 Å². The van der Waals surface area contributed by atoms with E-state index in [1.165, 1.54) is 6.21 Å². The fourth-order valence-electron chi connectivity index (χ4n) is 3.49. The number of phenolic OH excluding ortho intramolecular Hbond substituents is 1. The molecule has 0 saturated carbocycles. The summed E-state index contributed by atoms with van der Waals surface area (Å²) in [6.07, 6.45) is 1.50. The normalized spacial score (nSPS) is 11.1. The summed E-state index contributed by atoms with van der Waals surface area (Å²) in [6.45, 7) is 2.61. The molecule has 0 saturated heterocycles. The molecule has 1 amide bonds. The van der Waals surface area contributed by atoms with Crippen molar-refractivity contribution in [3.8, 4) is 17.2 Å². The molecule has 0 radical (unpaired) electrons. The van der Waals surface area contributed by atoms with Crippen LogP contribution in [-0.2, 0) is 6.61 Å². The second kappa shape index (κ2) is 11.8. The van der Waals surface area contributed by atoms with E-state index in [2.05, 4.69) is 33.1 Å². The van der Waals surface area contributed by atoms with Gasteiger partial charge in [0.15, 0.2) is 11.5 Å². The number of phenols is 1. The van der Waals surface area contributed by atoms with Crippen molar-refractivity contribution in [1.29, 1.82) is 0 Å². The number of benzene rings is 4. The molecule has 0 heterocycles. The van der Waals surface area contributed by atoms with Crippen molar-refractivity contribution >= 4 is 68.7 Å². The van der Waals surface area contributed by atoms with Gasteiger partial charge in [0.25, 0.3) is 5.91 Å². The van der Waals surface area contributed by atoms with Crippen LogP contribution in [0.25, 0.3) is 10.8 Å².